The Morgan fingerprint density at radius 2 is 1.92 bits per heavy atom. The van der Waals surface area contributed by atoms with Crippen LogP contribution in [0.4, 0.5) is 10.7 Å². The van der Waals surface area contributed by atoms with Crippen LogP contribution in [0.5, 0.6) is 5.75 Å². The van der Waals surface area contributed by atoms with Crippen molar-refractivity contribution in [3.8, 4) is 5.75 Å². The van der Waals surface area contributed by atoms with Crippen molar-refractivity contribution in [3.05, 3.63) is 83.8 Å². The highest BCUT2D eigenvalue weighted by Crippen LogP contribution is 2.45. The molecule has 4 nitrogen and oxygen atoms in total. The molecule has 3 aromatic rings. The Bertz CT molecular complexity index is 1270. The lowest BCUT2D eigenvalue weighted by Gasteiger charge is -2.33. The largest absolute Gasteiger partial charge is 0.487 e. The van der Waals surface area contributed by atoms with E-state index in [2.05, 4.69) is 90.0 Å². The minimum atomic E-state index is -0.0857. The number of rotatable bonds is 7. The van der Waals surface area contributed by atoms with Gasteiger partial charge in [0.15, 0.2) is 0 Å². The van der Waals surface area contributed by atoms with Crippen molar-refractivity contribution in [2.75, 3.05) is 11.9 Å². The molecule has 0 radical (unpaired) electrons. The second-order valence-electron chi connectivity index (χ2n) is 9.98. The number of hydrogen-bond donors (Lipinski definition) is 1. The number of para-hydroxylation sites is 1. The number of hydrogen-bond acceptors (Lipinski definition) is 4. The molecule has 1 atom stereocenters. The van der Waals surface area contributed by atoms with Crippen LogP contribution < -0.4 is 10.1 Å². The van der Waals surface area contributed by atoms with Gasteiger partial charge in [-0.1, -0.05) is 51.6 Å². The molecule has 0 spiro atoms. The first-order valence-electron chi connectivity index (χ1n) is 11.9. The average molecular weight is 724 g/mol. The van der Waals surface area contributed by atoms with Crippen molar-refractivity contribution in [1.29, 1.82) is 0 Å². The fraction of sp³-hybridized carbons (Fsp3) is 0.310. The van der Waals surface area contributed by atoms with Gasteiger partial charge in [-0.2, -0.15) is 0 Å². The first-order chi connectivity index (χ1) is 17.2. The highest BCUT2D eigenvalue weighted by Gasteiger charge is 2.33. The van der Waals surface area contributed by atoms with Gasteiger partial charge < -0.3 is 10.1 Å². The smallest absolute Gasteiger partial charge is 0.259 e. The molecule has 0 bridgehead atoms. The molecule has 1 aliphatic carbocycles. The number of nitrogens with zero attached hydrogens (tertiary/aromatic N) is 1. The molecule has 0 saturated heterocycles. The van der Waals surface area contributed by atoms with Crippen LogP contribution in [-0.4, -0.2) is 18.7 Å². The Hall–Kier alpha value is -1.72. The topological polar surface area (TPSA) is 50.7 Å². The first-order valence-corrected chi connectivity index (χ1v) is 14.9. The number of ether oxygens (including phenoxy) is 1. The fourth-order valence-electron chi connectivity index (χ4n) is 4.42. The maximum Gasteiger partial charge on any atom is 0.259 e. The van der Waals surface area contributed by atoms with Crippen LogP contribution in [0.1, 0.15) is 53.6 Å². The first kappa shape index (κ1) is 27.3. The van der Waals surface area contributed by atoms with E-state index in [-0.39, 0.29) is 11.3 Å². The standard InChI is InChI=1S/C29H30I2N2O2S/c1-5-13-35-26-22(30)14-18(15-23(26)31)17-32-28-25(27(34)33-20-9-7-6-8-10-20)21-12-11-19(29(2,3)4)16-24(21)36-28/h5-10,14-15,17,19H,1,11-13,16H2,2-4H3,(H,33,34)/t19-/m1/s1. The van der Waals surface area contributed by atoms with Gasteiger partial charge in [0.2, 0.25) is 0 Å². The third-order valence-electron chi connectivity index (χ3n) is 6.43. The number of carbonyl (C=O) groups excluding carboxylic acids is 1. The molecule has 0 saturated carbocycles. The van der Waals surface area contributed by atoms with Gasteiger partial charge in [0.05, 0.1) is 12.7 Å². The summed E-state index contributed by atoms with van der Waals surface area (Å²) in [6.07, 6.45) is 6.60. The van der Waals surface area contributed by atoms with E-state index >= 15 is 0 Å². The van der Waals surface area contributed by atoms with E-state index in [1.165, 1.54) is 10.4 Å². The van der Waals surface area contributed by atoms with Crippen LogP contribution in [0.3, 0.4) is 0 Å². The van der Waals surface area contributed by atoms with Crippen molar-refractivity contribution in [1.82, 2.24) is 0 Å². The number of nitrogens with one attached hydrogen (secondary N) is 1. The van der Waals surface area contributed by atoms with E-state index in [0.717, 1.165) is 54.0 Å². The van der Waals surface area contributed by atoms with Crippen molar-refractivity contribution in [2.24, 2.45) is 16.3 Å². The summed E-state index contributed by atoms with van der Waals surface area (Å²) >= 11 is 6.24. The Morgan fingerprint density at radius 1 is 1.22 bits per heavy atom. The van der Waals surface area contributed by atoms with Crippen LogP contribution in [-0.2, 0) is 12.8 Å². The number of aliphatic imine (C=N–C) groups is 1. The number of benzene rings is 2. The van der Waals surface area contributed by atoms with E-state index in [4.69, 9.17) is 9.73 Å². The molecule has 1 amide bonds. The summed E-state index contributed by atoms with van der Waals surface area (Å²) in [5, 5.41) is 3.86. The minimum absolute atomic E-state index is 0.0857. The van der Waals surface area contributed by atoms with Gasteiger partial charge in [-0.25, -0.2) is 4.99 Å². The van der Waals surface area contributed by atoms with Crippen LogP contribution in [0, 0.1) is 18.5 Å². The molecule has 2 aromatic carbocycles. The third-order valence-corrected chi connectivity index (χ3v) is 9.19. The number of fused-ring (bicyclic) bond motifs is 1. The summed E-state index contributed by atoms with van der Waals surface area (Å²) in [5.74, 6) is 1.37. The van der Waals surface area contributed by atoms with Crippen molar-refractivity contribution in [3.63, 3.8) is 0 Å². The summed E-state index contributed by atoms with van der Waals surface area (Å²) in [6, 6.07) is 13.7. The van der Waals surface area contributed by atoms with Gasteiger partial charge in [-0.05, 0) is 111 Å². The van der Waals surface area contributed by atoms with Crippen molar-refractivity contribution in [2.45, 2.75) is 40.0 Å². The van der Waals surface area contributed by atoms with E-state index in [1.54, 1.807) is 17.4 Å². The molecule has 7 heteroatoms. The number of halogens is 2. The molecule has 1 N–H and O–H groups in total. The maximum absolute atomic E-state index is 13.5. The quantitative estimate of drug-likeness (QED) is 0.151. The SMILES string of the molecule is C=CCOc1c(I)cc(C=Nc2sc3c(c2C(=O)Nc2ccccc2)CC[C@@H](C(C)(C)C)C3)cc1I. The molecule has 0 unspecified atom stereocenters. The zero-order chi connectivity index (χ0) is 25.9. The molecule has 0 fully saturated rings. The molecule has 4 rings (SSSR count). The maximum atomic E-state index is 13.5. The van der Waals surface area contributed by atoms with Crippen LogP contribution in [0.25, 0.3) is 0 Å². The molecular formula is C29H30I2N2O2S. The second kappa shape index (κ2) is 11.8. The fourth-order valence-corrected chi connectivity index (χ4v) is 7.81. The number of carbonyl (C=O) groups is 1. The van der Waals surface area contributed by atoms with Crippen molar-refractivity contribution < 1.29 is 9.53 Å². The Kier molecular flexibility index (Phi) is 8.93. The summed E-state index contributed by atoms with van der Waals surface area (Å²) < 4.78 is 7.84. The highest BCUT2D eigenvalue weighted by atomic mass is 127. The van der Waals surface area contributed by atoms with Crippen molar-refractivity contribution >= 4 is 79.3 Å². The molecule has 0 aliphatic heterocycles. The predicted molar refractivity (Wildman–Crippen MR) is 169 cm³/mol. The highest BCUT2D eigenvalue weighted by molar-refractivity contribution is 14.1. The van der Waals surface area contributed by atoms with Gasteiger partial charge >= 0.3 is 0 Å². The molecule has 1 heterocycles. The molecule has 36 heavy (non-hydrogen) atoms. The van der Waals surface area contributed by atoms with Crippen LogP contribution >= 0.6 is 56.5 Å². The Balaban J connectivity index is 1.69. The summed E-state index contributed by atoms with van der Waals surface area (Å²) in [5.41, 5.74) is 3.89. The number of thiophene rings is 1. The lowest BCUT2D eigenvalue weighted by Crippen LogP contribution is -2.27. The third kappa shape index (κ3) is 6.39. The lowest BCUT2D eigenvalue weighted by atomic mass is 9.72. The zero-order valence-electron chi connectivity index (χ0n) is 20.7. The van der Waals surface area contributed by atoms with Gasteiger partial charge in [0, 0.05) is 16.8 Å². The van der Waals surface area contributed by atoms with E-state index < -0.39 is 0 Å². The van der Waals surface area contributed by atoms with Crippen LogP contribution in [0.2, 0.25) is 0 Å². The van der Waals surface area contributed by atoms with Gasteiger partial charge in [0.1, 0.15) is 17.4 Å². The number of amides is 1. The average Bonchev–Trinajstić information content (AvgIpc) is 3.20. The van der Waals surface area contributed by atoms with E-state index in [1.807, 2.05) is 36.5 Å². The van der Waals surface area contributed by atoms with Gasteiger partial charge in [-0.15, -0.1) is 11.3 Å². The molecule has 1 aromatic heterocycles. The summed E-state index contributed by atoms with van der Waals surface area (Å²) in [6.45, 7) is 11.1. The monoisotopic (exact) mass is 724 g/mol. The van der Waals surface area contributed by atoms with Gasteiger partial charge in [0.25, 0.3) is 5.91 Å². The Labute approximate surface area is 244 Å². The van der Waals surface area contributed by atoms with Gasteiger partial charge in [-0.3, -0.25) is 4.79 Å². The molecule has 1 aliphatic rings. The van der Waals surface area contributed by atoms with E-state index in [0.29, 0.717) is 12.5 Å². The van der Waals surface area contributed by atoms with Crippen LogP contribution in [0.15, 0.2) is 60.1 Å². The molecular weight excluding hydrogens is 694 g/mol. The van der Waals surface area contributed by atoms with E-state index in [9.17, 15) is 4.79 Å². The predicted octanol–water partition coefficient (Wildman–Crippen LogP) is 8.68. The zero-order valence-corrected chi connectivity index (χ0v) is 25.9. The summed E-state index contributed by atoms with van der Waals surface area (Å²) in [7, 11) is 0. The normalized spacial score (nSPS) is 15.5. The summed E-state index contributed by atoms with van der Waals surface area (Å²) in [4.78, 5) is 19.7. The Morgan fingerprint density at radius 3 is 2.56 bits per heavy atom. The minimum Gasteiger partial charge on any atom is -0.487 e. The lowest BCUT2D eigenvalue weighted by molar-refractivity contribution is 0.102. The molecule has 188 valence electrons. The number of anilines is 1. The second-order valence-corrected chi connectivity index (χ2v) is 13.4.